The van der Waals surface area contributed by atoms with E-state index in [9.17, 15) is 4.79 Å². The predicted molar refractivity (Wildman–Crippen MR) is 85.6 cm³/mol. The molecule has 5 heteroatoms. The highest BCUT2D eigenvalue weighted by molar-refractivity contribution is 6.06. The van der Waals surface area contributed by atoms with E-state index in [2.05, 4.69) is 20.5 Å². The first kappa shape index (κ1) is 12.6. The fourth-order valence-corrected chi connectivity index (χ4v) is 2.70. The number of aromatic nitrogens is 3. The van der Waals surface area contributed by atoms with Gasteiger partial charge in [-0.2, -0.15) is 5.10 Å². The third-order valence-electron chi connectivity index (χ3n) is 3.81. The van der Waals surface area contributed by atoms with Gasteiger partial charge >= 0.3 is 0 Å². The van der Waals surface area contributed by atoms with Gasteiger partial charge in [-0.25, -0.2) is 0 Å². The second-order valence-corrected chi connectivity index (χ2v) is 5.15. The molecule has 0 aliphatic heterocycles. The number of nitrogens with zero attached hydrogens (tertiary/aromatic N) is 1. The van der Waals surface area contributed by atoms with Gasteiger partial charge in [-0.15, -0.1) is 0 Å². The molecule has 3 N–H and O–H groups in total. The van der Waals surface area contributed by atoms with E-state index >= 15 is 0 Å². The molecule has 1 amide bonds. The lowest BCUT2D eigenvalue weighted by atomic mass is 10.1. The molecule has 0 saturated carbocycles. The molecular formula is C17H14N4O. The molecule has 2 heterocycles. The number of aromatic amines is 2. The van der Waals surface area contributed by atoms with Crippen molar-refractivity contribution < 1.29 is 4.79 Å². The van der Waals surface area contributed by atoms with E-state index in [0.29, 0.717) is 12.1 Å². The summed E-state index contributed by atoms with van der Waals surface area (Å²) in [5.41, 5.74) is 3.44. The number of rotatable bonds is 3. The summed E-state index contributed by atoms with van der Waals surface area (Å²) in [5.74, 6) is -0.0936. The van der Waals surface area contributed by atoms with Crippen LogP contribution in [0.2, 0.25) is 0 Å². The monoisotopic (exact) mass is 290 g/mol. The van der Waals surface area contributed by atoms with E-state index in [4.69, 9.17) is 0 Å². The first-order valence-corrected chi connectivity index (χ1v) is 7.09. The Kier molecular flexibility index (Phi) is 2.89. The van der Waals surface area contributed by atoms with Crippen molar-refractivity contribution in [3.8, 4) is 0 Å². The average Bonchev–Trinajstić information content (AvgIpc) is 3.19. The summed E-state index contributed by atoms with van der Waals surface area (Å²) in [5, 5.41) is 12.1. The minimum absolute atomic E-state index is 0.0936. The van der Waals surface area contributed by atoms with Crippen LogP contribution in [0.25, 0.3) is 21.8 Å². The number of carbonyl (C=O) groups is 1. The number of benzene rings is 2. The number of fused-ring (bicyclic) bond motifs is 2. The summed E-state index contributed by atoms with van der Waals surface area (Å²) in [6.45, 7) is 0.417. The topological polar surface area (TPSA) is 73.6 Å². The van der Waals surface area contributed by atoms with Gasteiger partial charge in [-0.1, -0.05) is 24.3 Å². The van der Waals surface area contributed by atoms with Crippen molar-refractivity contribution in [2.24, 2.45) is 0 Å². The predicted octanol–water partition coefficient (Wildman–Crippen LogP) is 2.97. The first-order chi connectivity index (χ1) is 10.8. The number of nitrogens with one attached hydrogen (secondary N) is 3. The van der Waals surface area contributed by atoms with Crippen molar-refractivity contribution in [1.82, 2.24) is 20.5 Å². The lowest BCUT2D eigenvalue weighted by Gasteiger charge is -2.05. The standard InChI is InChI=1S/C17H14N4O/c22-17(12-5-3-7-14-11(12)8-9-18-14)19-10-16-13-4-1-2-6-15(13)20-21-16/h1-9,18H,10H2,(H,19,22)(H,20,21). The molecule has 0 radical (unpaired) electrons. The van der Waals surface area contributed by atoms with Crippen molar-refractivity contribution in [2.45, 2.75) is 6.54 Å². The molecule has 0 bridgehead atoms. The number of H-pyrrole nitrogens is 2. The maximum Gasteiger partial charge on any atom is 0.252 e. The van der Waals surface area contributed by atoms with Crippen LogP contribution in [0.3, 0.4) is 0 Å². The number of para-hydroxylation sites is 1. The van der Waals surface area contributed by atoms with Crippen molar-refractivity contribution in [3.63, 3.8) is 0 Å². The lowest BCUT2D eigenvalue weighted by molar-refractivity contribution is 0.0952. The number of hydrogen-bond donors (Lipinski definition) is 3. The molecule has 0 atom stereocenters. The molecule has 0 aliphatic rings. The molecule has 4 aromatic rings. The van der Waals surface area contributed by atoms with Crippen LogP contribution in [0.5, 0.6) is 0 Å². The van der Waals surface area contributed by atoms with Gasteiger partial charge in [0.2, 0.25) is 0 Å². The maximum absolute atomic E-state index is 12.4. The zero-order valence-electron chi connectivity index (χ0n) is 11.8. The minimum atomic E-state index is -0.0936. The van der Waals surface area contributed by atoms with Crippen molar-refractivity contribution in [3.05, 3.63) is 66.0 Å². The van der Waals surface area contributed by atoms with Gasteiger partial charge in [-0.3, -0.25) is 9.89 Å². The van der Waals surface area contributed by atoms with Crippen LogP contribution in [0.4, 0.5) is 0 Å². The zero-order chi connectivity index (χ0) is 14.9. The highest BCUT2D eigenvalue weighted by Crippen LogP contribution is 2.18. The Morgan fingerprint density at radius 3 is 2.91 bits per heavy atom. The van der Waals surface area contributed by atoms with Crippen molar-refractivity contribution in [2.75, 3.05) is 0 Å². The summed E-state index contributed by atoms with van der Waals surface area (Å²) >= 11 is 0. The van der Waals surface area contributed by atoms with E-state index in [1.807, 2.05) is 54.7 Å². The molecule has 2 aromatic carbocycles. The van der Waals surface area contributed by atoms with Gasteiger partial charge in [0.15, 0.2) is 0 Å². The summed E-state index contributed by atoms with van der Waals surface area (Å²) in [4.78, 5) is 15.5. The molecule has 2 aromatic heterocycles. The Morgan fingerprint density at radius 1 is 1.05 bits per heavy atom. The van der Waals surface area contributed by atoms with Gasteiger partial charge in [-0.05, 0) is 24.3 Å². The van der Waals surface area contributed by atoms with Crippen LogP contribution in [-0.4, -0.2) is 21.1 Å². The molecule has 0 fully saturated rings. The van der Waals surface area contributed by atoms with Gasteiger partial charge in [0.1, 0.15) is 0 Å². The van der Waals surface area contributed by atoms with Crippen LogP contribution in [0, 0.1) is 0 Å². The highest BCUT2D eigenvalue weighted by atomic mass is 16.1. The Morgan fingerprint density at radius 2 is 1.95 bits per heavy atom. The maximum atomic E-state index is 12.4. The number of carbonyl (C=O) groups excluding carboxylic acids is 1. The molecule has 0 spiro atoms. The summed E-state index contributed by atoms with van der Waals surface area (Å²) in [6.07, 6.45) is 1.84. The van der Waals surface area contributed by atoms with Crippen LogP contribution < -0.4 is 5.32 Å². The van der Waals surface area contributed by atoms with Gasteiger partial charge in [0.05, 0.1) is 17.8 Å². The lowest BCUT2D eigenvalue weighted by Crippen LogP contribution is -2.23. The Bertz CT molecular complexity index is 967. The second-order valence-electron chi connectivity index (χ2n) is 5.15. The number of amides is 1. The van der Waals surface area contributed by atoms with Crippen LogP contribution in [-0.2, 0) is 6.54 Å². The Labute approximate surface area is 126 Å². The van der Waals surface area contributed by atoms with E-state index in [1.165, 1.54) is 0 Å². The molecule has 0 aliphatic carbocycles. The molecule has 4 rings (SSSR count). The Balaban J connectivity index is 1.59. The minimum Gasteiger partial charge on any atom is -0.361 e. The molecule has 22 heavy (non-hydrogen) atoms. The summed E-state index contributed by atoms with van der Waals surface area (Å²) < 4.78 is 0. The number of hydrogen-bond acceptors (Lipinski definition) is 2. The Hall–Kier alpha value is -3.08. The van der Waals surface area contributed by atoms with Gasteiger partial charge < -0.3 is 10.3 Å². The summed E-state index contributed by atoms with van der Waals surface area (Å²) in [6, 6.07) is 15.4. The van der Waals surface area contributed by atoms with E-state index in [-0.39, 0.29) is 5.91 Å². The first-order valence-electron chi connectivity index (χ1n) is 7.09. The third kappa shape index (κ3) is 2.03. The van der Waals surface area contributed by atoms with E-state index in [0.717, 1.165) is 27.5 Å². The van der Waals surface area contributed by atoms with Crippen LogP contribution >= 0.6 is 0 Å². The van der Waals surface area contributed by atoms with Crippen molar-refractivity contribution >= 4 is 27.7 Å². The second kappa shape index (κ2) is 5.04. The fourth-order valence-electron chi connectivity index (χ4n) is 2.70. The largest absolute Gasteiger partial charge is 0.361 e. The van der Waals surface area contributed by atoms with E-state index < -0.39 is 0 Å². The zero-order valence-corrected chi connectivity index (χ0v) is 11.8. The van der Waals surface area contributed by atoms with Gasteiger partial charge in [0.25, 0.3) is 5.91 Å². The van der Waals surface area contributed by atoms with Crippen LogP contribution in [0.1, 0.15) is 16.1 Å². The molecule has 108 valence electrons. The smallest absolute Gasteiger partial charge is 0.252 e. The third-order valence-corrected chi connectivity index (χ3v) is 3.81. The molecular weight excluding hydrogens is 276 g/mol. The molecule has 5 nitrogen and oxygen atoms in total. The summed E-state index contributed by atoms with van der Waals surface area (Å²) in [7, 11) is 0. The highest BCUT2D eigenvalue weighted by Gasteiger charge is 2.11. The fraction of sp³-hybridized carbons (Fsp3) is 0.0588. The van der Waals surface area contributed by atoms with Crippen molar-refractivity contribution in [1.29, 1.82) is 0 Å². The van der Waals surface area contributed by atoms with E-state index in [1.54, 1.807) is 0 Å². The van der Waals surface area contributed by atoms with Gasteiger partial charge in [0, 0.05) is 28.0 Å². The molecule has 0 unspecified atom stereocenters. The normalized spacial score (nSPS) is 11.1. The van der Waals surface area contributed by atoms with Crippen LogP contribution in [0.15, 0.2) is 54.7 Å². The SMILES string of the molecule is O=C(NCc1[nH]nc2ccccc12)c1cccc2[nH]ccc12. The molecule has 0 saturated heterocycles. The average molecular weight is 290 g/mol. The quantitative estimate of drug-likeness (QED) is 0.542.